The van der Waals surface area contributed by atoms with Gasteiger partial charge in [0.2, 0.25) is 0 Å². The number of hydrogen-bond acceptors (Lipinski definition) is 6. The quantitative estimate of drug-likeness (QED) is 0.349. The Bertz CT molecular complexity index is 1600. The van der Waals surface area contributed by atoms with E-state index in [1.807, 2.05) is 70.1 Å². The van der Waals surface area contributed by atoms with Gasteiger partial charge in [-0.15, -0.1) is 10.2 Å². The Morgan fingerprint density at radius 1 is 0.972 bits per heavy atom. The van der Waals surface area contributed by atoms with Crippen LogP contribution >= 0.6 is 0 Å². The summed E-state index contributed by atoms with van der Waals surface area (Å²) in [5.41, 5.74) is 2.56. The molecule has 0 radical (unpaired) electrons. The Hall–Kier alpha value is -4.46. The summed E-state index contributed by atoms with van der Waals surface area (Å²) in [4.78, 5) is 26.8. The summed E-state index contributed by atoms with van der Waals surface area (Å²) in [7, 11) is 0. The molecule has 1 aliphatic rings. The van der Waals surface area contributed by atoms with Gasteiger partial charge >= 0.3 is 5.63 Å². The van der Waals surface area contributed by atoms with Crippen molar-refractivity contribution in [1.82, 2.24) is 19.5 Å². The molecule has 2 aromatic carbocycles. The molecule has 0 atom stereocenters. The van der Waals surface area contributed by atoms with Gasteiger partial charge in [-0.25, -0.2) is 4.79 Å². The van der Waals surface area contributed by atoms with Crippen molar-refractivity contribution in [3.63, 3.8) is 0 Å². The van der Waals surface area contributed by atoms with Crippen molar-refractivity contribution in [3.8, 4) is 16.9 Å². The van der Waals surface area contributed by atoms with Crippen LogP contribution < -0.4 is 10.4 Å². The number of nitrogens with zero attached hydrogens (tertiary/aromatic N) is 4. The van der Waals surface area contributed by atoms with E-state index in [0.29, 0.717) is 24.4 Å². The van der Waals surface area contributed by atoms with Gasteiger partial charge in [0.05, 0.1) is 0 Å². The monoisotopic (exact) mass is 480 g/mol. The molecule has 0 spiro atoms. The lowest BCUT2D eigenvalue weighted by Crippen LogP contribution is -2.40. The second kappa shape index (κ2) is 9.30. The topological polar surface area (TPSA) is 89.9 Å². The van der Waals surface area contributed by atoms with E-state index in [1.54, 1.807) is 12.1 Å². The number of piperidine rings is 1. The SMILES string of the molecule is O=C(COc1ccc2c(-c3ccccc3)cc(=O)oc2c1)N1CCC(c2nnc3ccccn23)CC1. The fourth-order valence-electron chi connectivity index (χ4n) is 4.85. The molecule has 36 heavy (non-hydrogen) atoms. The number of likely N-dealkylation sites (tertiary alicyclic amines) is 1. The van der Waals surface area contributed by atoms with Gasteiger partial charge in [0.25, 0.3) is 5.91 Å². The Balaban J connectivity index is 1.11. The highest BCUT2D eigenvalue weighted by Gasteiger charge is 2.27. The number of carbonyl (C=O) groups is 1. The minimum absolute atomic E-state index is 0.0702. The minimum Gasteiger partial charge on any atom is -0.484 e. The second-order valence-electron chi connectivity index (χ2n) is 8.93. The van der Waals surface area contributed by atoms with Crippen LogP contribution in [0.15, 0.2) is 88.2 Å². The highest BCUT2D eigenvalue weighted by molar-refractivity contribution is 5.93. The Labute approximate surface area is 206 Å². The highest BCUT2D eigenvalue weighted by atomic mass is 16.5. The van der Waals surface area contributed by atoms with Crippen LogP contribution in [-0.4, -0.2) is 45.1 Å². The van der Waals surface area contributed by atoms with Gasteiger partial charge in [0.1, 0.15) is 17.2 Å². The lowest BCUT2D eigenvalue weighted by atomic mass is 9.96. The molecule has 1 amide bonds. The predicted molar refractivity (Wildman–Crippen MR) is 135 cm³/mol. The molecule has 3 aromatic heterocycles. The zero-order chi connectivity index (χ0) is 24.5. The average molecular weight is 481 g/mol. The fourth-order valence-corrected chi connectivity index (χ4v) is 4.85. The lowest BCUT2D eigenvalue weighted by molar-refractivity contribution is -0.134. The van der Waals surface area contributed by atoms with E-state index in [4.69, 9.17) is 9.15 Å². The van der Waals surface area contributed by atoms with Crippen molar-refractivity contribution in [2.45, 2.75) is 18.8 Å². The summed E-state index contributed by atoms with van der Waals surface area (Å²) >= 11 is 0. The first kappa shape index (κ1) is 22.0. The van der Waals surface area contributed by atoms with E-state index in [-0.39, 0.29) is 18.4 Å². The molecule has 5 aromatic rings. The van der Waals surface area contributed by atoms with Crippen LogP contribution in [-0.2, 0) is 4.79 Å². The maximum Gasteiger partial charge on any atom is 0.336 e. The van der Waals surface area contributed by atoms with Crippen molar-refractivity contribution in [3.05, 3.63) is 95.2 Å². The summed E-state index contributed by atoms with van der Waals surface area (Å²) < 4.78 is 13.2. The highest BCUT2D eigenvalue weighted by Crippen LogP contribution is 2.30. The van der Waals surface area contributed by atoms with Crippen molar-refractivity contribution in [2.24, 2.45) is 0 Å². The lowest BCUT2D eigenvalue weighted by Gasteiger charge is -2.31. The predicted octanol–water partition coefficient (Wildman–Crippen LogP) is 4.29. The Morgan fingerprint density at radius 2 is 1.78 bits per heavy atom. The minimum atomic E-state index is -0.432. The zero-order valence-electron chi connectivity index (χ0n) is 19.5. The van der Waals surface area contributed by atoms with Gasteiger partial charge in [-0.3, -0.25) is 9.20 Å². The van der Waals surface area contributed by atoms with Crippen molar-refractivity contribution < 1.29 is 13.9 Å². The number of pyridine rings is 1. The van der Waals surface area contributed by atoms with E-state index in [9.17, 15) is 9.59 Å². The third-order valence-corrected chi connectivity index (χ3v) is 6.72. The van der Waals surface area contributed by atoms with Gasteiger partial charge < -0.3 is 14.1 Å². The fraction of sp³-hybridized carbons (Fsp3) is 0.214. The molecule has 6 rings (SSSR count). The summed E-state index contributed by atoms with van der Waals surface area (Å²) in [6.45, 7) is 1.20. The molecule has 0 bridgehead atoms. The largest absolute Gasteiger partial charge is 0.484 e. The number of aromatic nitrogens is 3. The van der Waals surface area contributed by atoms with Gasteiger partial charge in [0, 0.05) is 42.7 Å². The molecule has 4 heterocycles. The van der Waals surface area contributed by atoms with Crippen LogP contribution in [0.2, 0.25) is 0 Å². The van der Waals surface area contributed by atoms with Crippen LogP contribution in [0.5, 0.6) is 5.75 Å². The zero-order valence-corrected chi connectivity index (χ0v) is 19.5. The molecule has 0 saturated carbocycles. The molecule has 8 heteroatoms. The number of rotatable bonds is 5. The van der Waals surface area contributed by atoms with Crippen LogP contribution in [0.25, 0.3) is 27.7 Å². The molecular weight excluding hydrogens is 456 g/mol. The van der Waals surface area contributed by atoms with Gasteiger partial charge in [-0.05, 0) is 48.2 Å². The number of amides is 1. The third kappa shape index (κ3) is 4.22. The van der Waals surface area contributed by atoms with Crippen LogP contribution in [0.3, 0.4) is 0 Å². The normalized spacial score (nSPS) is 14.4. The van der Waals surface area contributed by atoms with Gasteiger partial charge in [-0.1, -0.05) is 36.4 Å². The van der Waals surface area contributed by atoms with E-state index in [0.717, 1.165) is 40.8 Å². The first-order chi connectivity index (χ1) is 17.7. The first-order valence-corrected chi connectivity index (χ1v) is 12.0. The smallest absolute Gasteiger partial charge is 0.336 e. The van der Waals surface area contributed by atoms with E-state index >= 15 is 0 Å². The third-order valence-electron chi connectivity index (χ3n) is 6.72. The molecule has 1 fully saturated rings. The van der Waals surface area contributed by atoms with Gasteiger partial charge in [0.15, 0.2) is 12.3 Å². The molecule has 0 unspecified atom stereocenters. The molecule has 1 saturated heterocycles. The molecular formula is C28H24N4O4. The molecule has 1 aliphatic heterocycles. The van der Waals surface area contributed by atoms with Gasteiger partial charge in [-0.2, -0.15) is 0 Å². The van der Waals surface area contributed by atoms with Crippen molar-refractivity contribution in [1.29, 1.82) is 0 Å². The standard InChI is InChI=1S/C28H24N4O4/c33-26(31-14-11-20(12-15-31)28-30-29-25-8-4-5-13-32(25)28)18-35-21-9-10-22-23(19-6-2-1-3-7-19)17-27(34)36-24(22)16-21/h1-10,13,16-17,20H,11-12,14-15,18H2. The van der Waals surface area contributed by atoms with Crippen molar-refractivity contribution >= 4 is 22.5 Å². The Morgan fingerprint density at radius 3 is 2.61 bits per heavy atom. The average Bonchev–Trinajstić information content (AvgIpc) is 3.36. The summed E-state index contributed by atoms with van der Waals surface area (Å²) in [5, 5.41) is 9.43. The first-order valence-electron chi connectivity index (χ1n) is 12.0. The second-order valence-corrected chi connectivity index (χ2v) is 8.93. The maximum absolute atomic E-state index is 12.8. The van der Waals surface area contributed by atoms with Crippen LogP contribution in [0.1, 0.15) is 24.6 Å². The molecule has 180 valence electrons. The van der Waals surface area contributed by atoms with Crippen LogP contribution in [0, 0.1) is 0 Å². The van der Waals surface area contributed by atoms with Crippen molar-refractivity contribution in [2.75, 3.05) is 19.7 Å². The molecule has 0 aliphatic carbocycles. The molecule has 0 N–H and O–H groups in total. The summed E-state index contributed by atoms with van der Waals surface area (Å²) in [5.74, 6) is 1.62. The van der Waals surface area contributed by atoms with E-state index < -0.39 is 5.63 Å². The number of benzene rings is 2. The maximum atomic E-state index is 12.8. The number of fused-ring (bicyclic) bond motifs is 2. The summed E-state index contributed by atoms with van der Waals surface area (Å²) in [6, 6.07) is 22.3. The Kier molecular flexibility index (Phi) is 5.69. The number of hydrogen-bond donors (Lipinski definition) is 0. The van der Waals surface area contributed by atoms with E-state index in [1.165, 1.54) is 6.07 Å². The molecule has 8 nitrogen and oxygen atoms in total. The summed E-state index contributed by atoms with van der Waals surface area (Å²) in [6.07, 6.45) is 3.63. The van der Waals surface area contributed by atoms with Crippen LogP contribution in [0.4, 0.5) is 0 Å². The van der Waals surface area contributed by atoms with E-state index in [2.05, 4.69) is 10.2 Å². The number of ether oxygens (including phenoxy) is 1. The number of carbonyl (C=O) groups excluding carboxylic acids is 1.